The molecule has 1 N–H and O–H groups in total. The summed E-state index contributed by atoms with van der Waals surface area (Å²) in [4.78, 5) is 36.5. The van der Waals surface area contributed by atoms with Crippen LogP contribution in [-0.4, -0.2) is 47.4 Å². The van der Waals surface area contributed by atoms with Crippen molar-refractivity contribution >= 4 is 17.7 Å². The molecule has 2 fully saturated rings. The van der Waals surface area contributed by atoms with Gasteiger partial charge in [0.2, 0.25) is 0 Å². The van der Waals surface area contributed by atoms with Gasteiger partial charge in [-0.2, -0.15) is 0 Å². The second-order valence-electron chi connectivity index (χ2n) is 7.14. The van der Waals surface area contributed by atoms with E-state index in [0.29, 0.717) is 5.57 Å². The minimum Gasteiger partial charge on any atom is -0.463 e. The van der Waals surface area contributed by atoms with E-state index in [0.717, 1.165) is 0 Å². The third-order valence-corrected chi connectivity index (χ3v) is 5.60. The molecule has 0 aromatic rings. The van der Waals surface area contributed by atoms with E-state index in [1.807, 2.05) is 6.92 Å². The number of ketones is 1. The summed E-state index contributed by atoms with van der Waals surface area (Å²) in [5.74, 6) is -4.01. The fourth-order valence-corrected chi connectivity index (χ4v) is 4.45. The zero-order valence-corrected chi connectivity index (χ0v) is 14.2. The molecule has 2 heterocycles. The predicted molar refractivity (Wildman–Crippen MR) is 80.5 cm³/mol. The molecule has 1 spiro atoms. The van der Waals surface area contributed by atoms with Crippen molar-refractivity contribution in [2.45, 2.75) is 52.1 Å². The van der Waals surface area contributed by atoms with Crippen LogP contribution in [0.4, 0.5) is 0 Å². The molecule has 0 radical (unpaired) electrons. The van der Waals surface area contributed by atoms with Crippen molar-refractivity contribution in [2.24, 2.45) is 17.3 Å². The van der Waals surface area contributed by atoms with Gasteiger partial charge in [-0.15, -0.1) is 0 Å². The third kappa shape index (κ3) is 2.14. The first-order valence-electron chi connectivity index (χ1n) is 8.07. The zero-order valence-electron chi connectivity index (χ0n) is 14.2. The summed E-state index contributed by atoms with van der Waals surface area (Å²) in [7, 11) is 0. The molecule has 24 heavy (non-hydrogen) atoms. The van der Waals surface area contributed by atoms with Crippen LogP contribution in [0.5, 0.6) is 0 Å². The number of allylic oxidation sites excluding steroid dienone is 1. The Bertz CT molecular complexity index is 635. The van der Waals surface area contributed by atoms with Crippen LogP contribution >= 0.6 is 0 Å². The summed E-state index contributed by atoms with van der Waals surface area (Å²) in [5.41, 5.74) is -0.754. The number of carbonyl (C=O) groups excluding carboxylic acids is 3. The lowest BCUT2D eigenvalue weighted by atomic mass is 9.57. The van der Waals surface area contributed by atoms with Crippen LogP contribution in [0.25, 0.3) is 0 Å². The largest absolute Gasteiger partial charge is 0.463 e. The Morgan fingerprint density at radius 2 is 2.08 bits per heavy atom. The summed E-state index contributed by atoms with van der Waals surface area (Å²) >= 11 is 0. The molecule has 1 aliphatic carbocycles. The van der Waals surface area contributed by atoms with E-state index in [4.69, 9.17) is 14.2 Å². The molecule has 7 heteroatoms. The van der Waals surface area contributed by atoms with Gasteiger partial charge in [-0.05, 0) is 31.8 Å². The van der Waals surface area contributed by atoms with E-state index < -0.39 is 41.3 Å². The first-order valence-corrected chi connectivity index (χ1v) is 8.07. The van der Waals surface area contributed by atoms with Gasteiger partial charge in [0.25, 0.3) is 0 Å². The van der Waals surface area contributed by atoms with E-state index >= 15 is 0 Å². The maximum atomic E-state index is 12.7. The highest BCUT2D eigenvalue weighted by atomic mass is 16.7. The van der Waals surface area contributed by atoms with Gasteiger partial charge in [0.1, 0.15) is 0 Å². The molecule has 6 atom stereocenters. The first-order chi connectivity index (χ1) is 11.1. The van der Waals surface area contributed by atoms with Crippen LogP contribution in [0.2, 0.25) is 0 Å². The normalized spacial score (nSPS) is 44.8. The Morgan fingerprint density at radius 1 is 1.42 bits per heavy atom. The lowest BCUT2D eigenvalue weighted by Gasteiger charge is -2.49. The molecular weight excluding hydrogens is 316 g/mol. The average molecular weight is 338 g/mol. The van der Waals surface area contributed by atoms with Crippen molar-refractivity contribution in [3.8, 4) is 0 Å². The van der Waals surface area contributed by atoms with E-state index in [-0.39, 0.29) is 24.7 Å². The van der Waals surface area contributed by atoms with Gasteiger partial charge < -0.3 is 19.3 Å². The molecule has 3 aliphatic rings. The third-order valence-electron chi connectivity index (χ3n) is 5.60. The van der Waals surface area contributed by atoms with Crippen LogP contribution in [0.3, 0.4) is 0 Å². The number of ether oxygens (including phenoxy) is 3. The van der Waals surface area contributed by atoms with Crippen molar-refractivity contribution in [3.05, 3.63) is 11.6 Å². The maximum Gasteiger partial charge on any atom is 0.335 e. The summed E-state index contributed by atoms with van der Waals surface area (Å²) in [5, 5.41) is 11.0. The standard InChI is InChI=1S/C17H22O7/c1-8-5-6-17(14(12(8)19)23-10(3)18)11-9(2)7-22-15(20)13(11)24-16(17,4)21/h5,9,11,13-14,21H,6-7H2,1-4H3/t9?,11-,13-,14?,16+,17-/m0/s1. The summed E-state index contributed by atoms with van der Waals surface area (Å²) in [6, 6.07) is 0. The molecule has 0 saturated carbocycles. The second-order valence-corrected chi connectivity index (χ2v) is 7.14. The van der Waals surface area contributed by atoms with Gasteiger partial charge >= 0.3 is 11.9 Å². The number of hydrogen-bond donors (Lipinski definition) is 1. The zero-order chi connectivity index (χ0) is 17.9. The summed E-state index contributed by atoms with van der Waals surface area (Å²) < 4.78 is 16.1. The van der Waals surface area contributed by atoms with Crippen LogP contribution in [-0.2, 0) is 28.6 Å². The van der Waals surface area contributed by atoms with Gasteiger partial charge in [0.05, 0.1) is 12.0 Å². The Morgan fingerprint density at radius 3 is 2.71 bits per heavy atom. The second kappa shape index (κ2) is 5.39. The van der Waals surface area contributed by atoms with Crippen LogP contribution in [0.15, 0.2) is 11.6 Å². The number of Topliss-reactive ketones (excluding diaryl/α,β-unsaturated/α-hetero) is 1. The molecule has 2 saturated heterocycles. The number of esters is 2. The Hall–Kier alpha value is -1.73. The molecule has 0 bridgehead atoms. The average Bonchev–Trinajstić information content (AvgIpc) is 2.73. The lowest BCUT2D eigenvalue weighted by Crippen LogP contribution is -2.61. The van der Waals surface area contributed by atoms with Gasteiger partial charge in [-0.1, -0.05) is 13.0 Å². The Balaban J connectivity index is 2.17. The topological polar surface area (TPSA) is 99.1 Å². The SMILES string of the molecule is CC(=O)OC1C(=O)C(C)=CC[C@]12[C@H]1C(C)COC(=O)[C@H]1O[C@@]2(C)O. The Labute approximate surface area is 139 Å². The molecule has 3 rings (SSSR count). The first kappa shape index (κ1) is 17.1. The number of hydrogen-bond acceptors (Lipinski definition) is 7. The minimum atomic E-state index is -1.81. The van der Waals surface area contributed by atoms with E-state index in [2.05, 4.69) is 0 Å². The summed E-state index contributed by atoms with van der Waals surface area (Å²) in [6.45, 7) is 6.33. The number of cyclic esters (lactones) is 1. The van der Waals surface area contributed by atoms with E-state index in [1.165, 1.54) is 13.8 Å². The van der Waals surface area contributed by atoms with Gasteiger partial charge in [-0.25, -0.2) is 4.79 Å². The minimum absolute atomic E-state index is 0.153. The molecule has 0 aromatic heterocycles. The van der Waals surface area contributed by atoms with Crippen molar-refractivity contribution in [1.29, 1.82) is 0 Å². The fourth-order valence-electron chi connectivity index (χ4n) is 4.45. The van der Waals surface area contributed by atoms with Gasteiger partial charge in [0, 0.05) is 12.8 Å². The number of aliphatic hydroxyl groups is 1. The summed E-state index contributed by atoms with van der Waals surface area (Å²) in [6.07, 6.45) is -0.191. The molecule has 7 nitrogen and oxygen atoms in total. The molecule has 0 aromatic carbocycles. The molecule has 2 unspecified atom stereocenters. The van der Waals surface area contributed by atoms with Crippen molar-refractivity contribution in [3.63, 3.8) is 0 Å². The Kier molecular flexibility index (Phi) is 3.84. The smallest absolute Gasteiger partial charge is 0.335 e. The number of carbonyl (C=O) groups is 3. The van der Waals surface area contributed by atoms with Crippen LogP contribution < -0.4 is 0 Å². The highest BCUT2D eigenvalue weighted by Gasteiger charge is 2.72. The molecular formula is C17H22O7. The van der Waals surface area contributed by atoms with Crippen molar-refractivity contribution in [1.82, 2.24) is 0 Å². The monoisotopic (exact) mass is 338 g/mol. The van der Waals surface area contributed by atoms with Gasteiger partial charge in [-0.3, -0.25) is 9.59 Å². The highest BCUT2D eigenvalue weighted by molar-refractivity contribution is 6.01. The molecule has 2 aliphatic heterocycles. The predicted octanol–water partition coefficient (Wildman–Crippen LogP) is 0.740. The molecule has 0 amide bonds. The maximum absolute atomic E-state index is 12.7. The number of fused-ring (bicyclic) bond motifs is 2. The van der Waals surface area contributed by atoms with Crippen molar-refractivity contribution < 1.29 is 33.7 Å². The highest BCUT2D eigenvalue weighted by Crippen LogP contribution is 2.60. The van der Waals surface area contributed by atoms with Crippen LogP contribution in [0, 0.1) is 17.3 Å². The fraction of sp³-hybridized carbons (Fsp3) is 0.706. The van der Waals surface area contributed by atoms with E-state index in [1.54, 1.807) is 13.0 Å². The van der Waals surface area contributed by atoms with Crippen molar-refractivity contribution in [2.75, 3.05) is 6.61 Å². The van der Waals surface area contributed by atoms with Crippen LogP contribution in [0.1, 0.15) is 34.1 Å². The quantitative estimate of drug-likeness (QED) is 0.704. The lowest BCUT2D eigenvalue weighted by molar-refractivity contribution is -0.250. The van der Waals surface area contributed by atoms with Gasteiger partial charge in [0.15, 0.2) is 23.8 Å². The molecule has 132 valence electrons. The van der Waals surface area contributed by atoms with E-state index in [9.17, 15) is 19.5 Å². The number of rotatable bonds is 1.